The van der Waals surface area contributed by atoms with Gasteiger partial charge in [0.2, 0.25) is 0 Å². The summed E-state index contributed by atoms with van der Waals surface area (Å²) in [6.07, 6.45) is 0.884. The zero-order valence-corrected chi connectivity index (χ0v) is 17.8. The lowest BCUT2D eigenvalue weighted by atomic mass is 9.99. The Morgan fingerprint density at radius 2 is 1.41 bits per heavy atom. The molecule has 0 N–H and O–H groups in total. The van der Waals surface area contributed by atoms with E-state index in [-0.39, 0.29) is 0 Å². The van der Waals surface area contributed by atoms with Crippen LogP contribution in [0.15, 0.2) is 59.6 Å². The van der Waals surface area contributed by atoms with Crippen LogP contribution in [-0.4, -0.2) is 11.8 Å². The van der Waals surface area contributed by atoms with E-state index in [4.69, 9.17) is 28.2 Å². The zero-order valence-electron chi connectivity index (χ0n) is 16.3. The van der Waals surface area contributed by atoms with Crippen molar-refractivity contribution in [2.75, 3.05) is 0 Å². The van der Waals surface area contributed by atoms with Gasteiger partial charge in [0, 0.05) is 11.8 Å². The second-order valence-corrected chi connectivity index (χ2v) is 8.34. The van der Waals surface area contributed by atoms with Gasteiger partial charge in [-0.2, -0.15) is 0 Å². The van der Waals surface area contributed by atoms with Gasteiger partial charge in [0.05, 0.1) is 10.0 Å². The third kappa shape index (κ3) is 4.91. The molecule has 0 bridgehead atoms. The monoisotopic (exact) mass is 397 g/mol. The van der Waals surface area contributed by atoms with Crippen LogP contribution in [0.25, 0.3) is 10.8 Å². The Bertz CT molecular complexity index is 972. The van der Waals surface area contributed by atoms with Gasteiger partial charge in [-0.1, -0.05) is 79.5 Å². The standard InChI is InChI=1S/C24H25Cl2N/c1-15(2)16(3)27-17(4)20-8-5-18(6-9-20)11-19-7-10-21-13-23(25)24(26)14-22(21)12-19/h5-10,12-16H,11H2,1-4H3. The van der Waals surface area contributed by atoms with Crippen molar-refractivity contribution >= 4 is 39.7 Å². The molecule has 0 aromatic heterocycles. The van der Waals surface area contributed by atoms with Gasteiger partial charge in [0.25, 0.3) is 0 Å². The molecule has 3 heteroatoms. The Balaban J connectivity index is 1.78. The van der Waals surface area contributed by atoms with E-state index in [0.717, 1.165) is 22.9 Å². The van der Waals surface area contributed by atoms with Gasteiger partial charge in [-0.25, -0.2) is 0 Å². The van der Waals surface area contributed by atoms with E-state index < -0.39 is 0 Å². The van der Waals surface area contributed by atoms with Crippen molar-refractivity contribution in [2.24, 2.45) is 10.9 Å². The lowest BCUT2D eigenvalue weighted by Gasteiger charge is -2.12. The lowest BCUT2D eigenvalue weighted by molar-refractivity contribution is 0.531. The normalized spacial score (nSPS) is 13.4. The fourth-order valence-electron chi connectivity index (χ4n) is 3.03. The molecule has 1 nitrogen and oxygen atoms in total. The van der Waals surface area contributed by atoms with Crippen molar-refractivity contribution in [1.29, 1.82) is 0 Å². The SMILES string of the molecule is CC(=NC(C)C(C)C)c1ccc(Cc2ccc3cc(Cl)c(Cl)cc3c2)cc1. The highest BCUT2D eigenvalue weighted by Gasteiger charge is 2.07. The first-order valence-electron chi connectivity index (χ1n) is 9.35. The fraction of sp³-hybridized carbons (Fsp3) is 0.292. The topological polar surface area (TPSA) is 12.4 Å². The summed E-state index contributed by atoms with van der Waals surface area (Å²) in [5.74, 6) is 0.551. The number of aliphatic imine (C=N–C) groups is 1. The highest BCUT2D eigenvalue weighted by atomic mass is 35.5. The molecule has 0 radical (unpaired) electrons. The second kappa shape index (κ2) is 8.46. The molecule has 1 atom stereocenters. The highest BCUT2D eigenvalue weighted by Crippen LogP contribution is 2.29. The molecular weight excluding hydrogens is 373 g/mol. The van der Waals surface area contributed by atoms with Crippen LogP contribution in [0.4, 0.5) is 0 Å². The maximum atomic E-state index is 6.16. The first-order chi connectivity index (χ1) is 12.8. The molecule has 27 heavy (non-hydrogen) atoms. The van der Waals surface area contributed by atoms with Crippen LogP contribution in [0, 0.1) is 5.92 Å². The second-order valence-electron chi connectivity index (χ2n) is 7.52. The molecule has 3 rings (SSSR count). The minimum absolute atomic E-state index is 0.336. The molecule has 0 aliphatic heterocycles. The van der Waals surface area contributed by atoms with Gasteiger partial charge in [-0.05, 0) is 65.8 Å². The molecule has 3 aromatic carbocycles. The molecule has 0 aliphatic rings. The predicted molar refractivity (Wildman–Crippen MR) is 120 cm³/mol. The van der Waals surface area contributed by atoms with Crippen LogP contribution in [0.3, 0.4) is 0 Å². The summed E-state index contributed by atoms with van der Waals surface area (Å²) in [4.78, 5) is 4.80. The summed E-state index contributed by atoms with van der Waals surface area (Å²) in [5.41, 5.74) is 4.82. The molecule has 0 saturated carbocycles. The van der Waals surface area contributed by atoms with Crippen LogP contribution < -0.4 is 0 Å². The molecule has 0 heterocycles. The van der Waals surface area contributed by atoms with Crippen molar-refractivity contribution in [1.82, 2.24) is 0 Å². The fourth-order valence-corrected chi connectivity index (χ4v) is 3.37. The molecule has 0 amide bonds. The number of halogens is 2. The molecular formula is C24H25Cl2N. The average molecular weight is 398 g/mol. The van der Waals surface area contributed by atoms with Crippen molar-refractivity contribution < 1.29 is 0 Å². The number of benzene rings is 3. The quantitative estimate of drug-likeness (QED) is 0.393. The highest BCUT2D eigenvalue weighted by molar-refractivity contribution is 6.42. The number of fused-ring (bicyclic) bond motifs is 1. The first-order valence-corrected chi connectivity index (χ1v) is 10.1. The Labute approximate surface area is 172 Å². The molecule has 0 fully saturated rings. The van der Waals surface area contributed by atoms with E-state index in [0.29, 0.717) is 22.0 Å². The van der Waals surface area contributed by atoms with E-state index >= 15 is 0 Å². The number of hydrogen-bond acceptors (Lipinski definition) is 1. The van der Waals surface area contributed by atoms with Crippen LogP contribution >= 0.6 is 23.2 Å². The van der Waals surface area contributed by atoms with E-state index in [9.17, 15) is 0 Å². The molecule has 1 unspecified atom stereocenters. The Morgan fingerprint density at radius 3 is 2.04 bits per heavy atom. The maximum Gasteiger partial charge on any atom is 0.0598 e. The minimum atomic E-state index is 0.336. The Kier molecular flexibility index (Phi) is 6.24. The molecule has 3 aromatic rings. The van der Waals surface area contributed by atoms with E-state index in [1.165, 1.54) is 16.7 Å². The summed E-state index contributed by atoms with van der Waals surface area (Å²) in [6, 6.07) is 19.3. The molecule has 140 valence electrons. The number of hydrogen-bond donors (Lipinski definition) is 0. The van der Waals surface area contributed by atoms with Gasteiger partial charge in [-0.3, -0.25) is 4.99 Å². The minimum Gasteiger partial charge on any atom is -0.286 e. The third-order valence-electron chi connectivity index (χ3n) is 5.09. The summed E-state index contributed by atoms with van der Waals surface area (Å²) in [7, 11) is 0. The van der Waals surface area contributed by atoms with Gasteiger partial charge in [0.1, 0.15) is 0 Å². The first kappa shape index (κ1) is 19.9. The van der Waals surface area contributed by atoms with Crippen LogP contribution in [-0.2, 0) is 6.42 Å². The van der Waals surface area contributed by atoms with Crippen LogP contribution in [0.1, 0.15) is 44.4 Å². The maximum absolute atomic E-state index is 6.16. The van der Waals surface area contributed by atoms with Crippen molar-refractivity contribution in [3.63, 3.8) is 0 Å². The number of rotatable bonds is 5. The number of nitrogens with zero attached hydrogens (tertiary/aromatic N) is 1. The summed E-state index contributed by atoms with van der Waals surface area (Å²) in [6.45, 7) is 8.66. The third-order valence-corrected chi connectivity index (χ3v) is 5.81. The smallest absolute Gasteiger partial charge is 0.0598 e. The van der Waals surface area contributed by atoms with Gasteiger partial charge >= 0.3 is 0 Å². The summed E-state index contributed by atoms with van der Waals surface area (Å²) < 4.78 is 0. The van der Waals surface area contributed by atoms with E-state index in [1.807, 2.05) is 12.1 Å². The van der Waals surface area contributed by atoms with Gasteiger partial charge in [0.15, 0.2) is 0 Å². The van der Waals surface area contributed by atoms with Crippen LogP contribution in [0.5, 0.6) is 0 Å². The lowest BCUT2D eigenvalue weighted by Crippen LogP contribution is -2.10. The van der Waals surface area contributed by atoms with Crippen molar-refractivity contribution in [3.05, 3.63) is 81.3 Å². The molecule has 0 aliphatic carbocycles. The predicted octanol–water partition coefficient (Wildman–Crippen LogP) is 7.59. The average Bonchev–Trinajstić information content (AvgIpc) is 2.63. The van der Waals surface area contributed by atoms with Gasteiger partial charge in [-0.15, -0.1) is 0 Å². The van der Waals surface area contributed by atoms with E-state index in [2.05, 4.69) is 70.2 Å². The van der Waals surface area contributed by atoms with Crippen LogP contribution in [0.2, 0.25) is 10.0 Å². The summed E-state index contributed by atoms with van der Waals surface area (Å²) in [5, 5.41) is 3.41. The van der Waals surface area contributed by atoms with Gasteiger partial charge < -0.3 is 0 Å². The summed E-state index contributed by atoms with van der Waals surface area (Å²) >= 11 is 12.3. The zero-order chi connectivity index (χ0) is 19.6. The molecule has 0 spiro atoms. The van der Waals surface area contributed by atoms with Crippen molar-refractivity contribution in [3.8, 4) is 0 Å². The Hall–Kier alpha value is -1.83. The largest absolute Gasteiger partial charge is 0.286 e. The van der Waals surface area contributed by atoms with Crippen molar-refractivity contribution in [2.45, 2.75) is 40.2 Å². The molecule has 0 saturated heterocycles. The van der Waals surface area contributed by atoms with E-state index in [1.54, 1.807) is 0 Å². The Morgan fingerprint density at radius 1 is 0.815 bits per heavy atom.